The van der Waals surface area contributed by atoms with E-state index >= 15 is 0 Å². The molecule has 2 atom stereocenters. The Morgan fingerprint density at radius 3 is 2.24 bits per heavy atom. The summed E-state index contributed by atoms with van der Waals surface area (Å²) < 4.78 is 29.0. The van der Waals surface area contributed by atoms with Crippen LogP contribution in [0.5, 0.6) is 5.75 Å². The number of benzene rings is 1. The maximum Gasteiger partial charge on any atom is 0.410 e. The summed E-state index contributed by atoms with van der Waals surface area (Å²) in [5.74, 6) is -0.169. The van der Waals surface area contributed by atoms with Crippen molar-refractivity contribution in [3.63, 3.8) is 0 Å². The molecule has 0 saturated carbocycles. The molecule has 2 fully saturated rings. The average molecular weight is 710 g/mol. The summed E-state index contributed by atoms with van der Waals surface area (Å²) in [5.41, 5.74) is 1.03. The molecule has 0 bridgehead atoms. The molecule has 1 aromatic carbocycles. The lowest BCUT2D eigenvalue weighted by atomic mass is 9.91. The van der Waals surface area contributed by atoms with Crippen molar-refractivity contribution >= 4 is 23.9 Å². The number of amides is 3. The standard InChI is InChI=1S/C39H55FN4O7/c1-38(2,3)50-35(46)23-33(31-22-30(24-41-25-31)28-10-12-32(13-11-28)49-21-17-40)42-36(47)29-8-7-18-44(26-29)34(45)14-9-27-15-19-43(20-16-27)37(48)51-39(4,5)6/h10-13,22,24-25,27,29,33H,7-9,14-21,23,26H2,1-6H3,(H,42,47)/t29-,33+/m1/s1/i40-1. The van der Waals surface area contributed by atoms with Gasteiger partial charge < -0.3 is 29.3 Å². The maximum absolute atomic E-state index is 13.8. The zero-order valence-corrected chi connectivity index (χ0v) is 31.0. The molecule has 2 aromatic rings. The van der Waals surface area contributed by atoms with Gasteiger partial charge in [-0.25, -0.2) is 9.18 Å². The minimum Gasteiger partial charge on any atom is -0.491 e. The molecule has 1 N–H and O–H groups in total. The zero-order chi connectivity index (χ0) is 37.2. The fourth-order valence-electron chi connectivity index (χ4n) is 6.43. The lowest BCUT2D eigenvalue weighted by Crippen LogP contribution is -2.46. The van der Waals surface area contributed by atoms with Gasteiger partial charge in [-0.2, -0.15) is 0 Å². The molecular weight excluding hydrogens is 654 g/mol. The SMILES string of the molecule is CC(C)(C)OC(=O)C[C@H](NC(=O)[C@@H]1CCCN(C(=O)CCC2CCN(C(=O)OC(C)(C)C)CC2)C1)c1cncc(-c2ccc(OCC[18F])cc2)c1. The quantitative estimate of drug-likeness (QED) is 0.243. The highest BCUT2D eigenvalue weighted by atomic mass is 18.2. The molecule has 11 nitrogen and oxygen atoms in total. The van der Waals surface area contributed by atoms with Crippen molar-refractivity contribution in [3.05, 3.63) is 48.3 Å². The van der Waals surface area contributed by atoms with Crippen LogP contribution < -0.4 is 10.1 Å². The smallest absolute Gasteiger partial charge is 0.410 e. The number of esters is 1. The first kappa shape index (κ1) is 39.6. The van der Waals surface area contributed by atoms with Gasteiger partial charge in [0.25, 0.3) is 0 Å². The summed E-state index contributed by atoms with van der Waals surface area (Å²) in [6.45, 7) is 12.5. The van der Waals surface area contributed by atoms with Crippen LogP contribution in [0, 0.1) is 11.8 Å². The molecule has 3 heterocycles. The number of likely N-dealkylation sites (tertiary alicyclic amines) is 2. The van der Waals surface area contributed by atoms with Gasteiger partial charge in [0.15, 0.2) is 0 Å². The molecule has 0 radical (unpaired) electrons. The second-order valence-corrected chi connectivity index (χ2v) is 15.5. The number of ether oxygens (including phenoxy) is 3. The minimum absolute atomic E-state index is 0.0203. The number of piperidine rings is 2. The van der Waals surface area contributed by atoms with E-state index in [9.17, 15) is 23.6 Å². The van der Waals surface area contributed by atoms with Gasteiger partial charge in [-0.1, -0.05) is 12.1 Å². The van der Waals surface area contributed by atoms with Gasteiger partial charge in [-0.05, 0) is 109 Å². The summed E-state index contributed by atoms with van der Waals surface area (Å²) in [4.78, 5) is 60.5. The Hall–Kier alpha value is -4.22. The number of pyridine rings is 1. The van der Waals surface area contributed by atoms with Crippen LogP contribution in [-0.2, 0) is 23.9 Å². The van der Waals surface area contributed by atoms with Gasteiger partial charge >= 0.3 is 12.1 Å². The van der Waals surface area contributed by atoms with Crippen LogP contribution >= 0.6 is 0 Å². The molecule has 3 amide bonds. The topological polar surface area (TPSA) is 127 Å². The van der Waals surface area contributed by atoms with Crippen molar-refractivity contribution in [1.82, 2.24) is 20.1 Å². The zero-order valence-electron chi connectivity index (χ0n) is 31.0. The summed E-state index contributed by atoms with van der Waals surface area (Å²) in [5, 5.41) is 3.09. The highest BCUT2D eigenvalue weighted by Gasteiger charge is 2.32. The van der Waals surface area contributed by atoms with Crippen molar-refractivity contribution in [2.24, 2.45) is 11.8 Å². The van der Waals surface area contributed by atoms with Crippen LogP contribution in [0.4, 0.5) is 9.18 Å². The molecule has 1 aromatic heterocycles. The van der Waals surface area contributed by atoms with E-state index in [1.807, 2.05) is 39.0 Å². The largest absolute Gasteiger partial charge is 0.491 e. The van der Waals surface area contributed by atoms with Crippen molar-refractivity contribution in [3.8, 4) is 16.9 Å². The number of nitrogens with zero attached hydrogens (tertiary/aromatic N) is 3. The Labute approximate surface area is 301 Å². The van der Waals surface area contributed by atoms with Crippen LogP contribution in [0.1, 0.15) is 98.1 Å². The predicted octanol–water partition coefficient (Wildman–Crippen LogP) is 6.65. The number of rotatable bonds is 12. The molecule has 0 aliphatic carbocycles. The van der Waals surface area contributed by atoms with Gasteiger partial charge in [0.2, 0.25) is 11.8 Å². The number of hydrogen-bond acceptors (Lipinski definition) is 8. The second kappa shape index (κ2) is 17.8. The van der Waals surface area contributed by atoms with Crippen LogP contribution in [0.25, 0.3) is 11.1 Å². The van der Waals surface area contributed by atoms with Gasteiger partial charge in [0, 0.05) is 50.6 Å². The molecule has 12 heteroatoms. The monoisotopic (exact) mass is 709 g/mol. The molecule has 0 unspecified atom stereocenters. The van der Waals surface area contributed by atoms with E-state index in [1.165, 1.54) is 0 Å². The van der Waals surface area contributed by atoms with Crippen molar-refractivity contribution < 1.29 is 37.8 Å². The normalized spacial score (nSPS) is 17.7. The number of halogens is 1. The summed E-state index contributed by atoms with van der Waals surface area (Å²) in [6, 6.07) is 8.37. The summed E-state index contributed by atoms with van der Waals surface area (Å²) >= 11 is 0. The Morgan fingerprint density at radius 1 is 0.902 bits per heavy atom. The van der Waals surface area contributed by atoms with Gasteiger partial charge in [-0.15, -0.1) is 0 Å². The Balaban J connectivity index is 1.37. The van der Waals surface area contributed by atoms with E-state index in [-0.39, 0.29) is 30.9 Å². The van der Waals surface area contributed by atoms with Crippen LogP contribution in [0.2, 0.25) is 0 Å². The molecule has 280 valence electrons. The summed E-state index contributed by atoms with van der Waals surface area (Å²) in [7, 11) is 0. The van der Waals surface area contributed by atoms with Crippen LogP contribution in [-0.4, -0.2) is 89.3 Å². The fraction of sp³-hybridized carbons (Fsp3) is 0.615. The molecule has 2 saturated heterocycles. The number of carbonyl (C=O) groups excluding carboxylic acids is 4. The van der Waals surface area contributed by atoms with Gasteiger partial charge in [0.05, 0.1) is 18.4 Å². The first-order valence-corrected chi connectivity index (χ1v) is 18.1. The number of aromatic nitrogens is 1. The highest BCUT2D eigenvalue weighted by Crippen LogP contribution is 2.29. The molecule has 51 heavy (non-hydrogen) atoms. The number of hydrogen-bond donors (Lipinski definition) is 1. The summed E-state index contributed by atoms with van der Waals surface area (Å²) in [6.07, 6.45) is 7.07. The average Bonchev–Trinajstić information content (AvgIpc) is 3.08. The lowest BCUT2D eigenvalue weighted by Gasteiger charge is -2.35. The van der Waals surface area contributed by atoms with E-state index in [1.54, 1.807) is 55.1 Å². The van der Waals surface area contributed by atoms with E-state index in [2.05, 4.69) is 10.3 Å². The van der Waals surface area contributed by atoms with Crippen molar-refractivity contribution in [2.75, 3.05) is 39.5 Å². The third-order valence-electron chi connectivity index (χ3n) is 8.98. The highest BCUT2D eigenvalue weighted by molar-refractivity contribution is 5.82. The predicted molar refractivity (Wildman–Crippen MR) is 192 cm³/mol. The van der Waals surface area contributed by atoms with Gasteiger partial charge in [0.1, 0.15) is 30.2 Å². The molecule has 4 rings (SSSR count). The van der Waals surface area contributed by atoms with E-state index in [0.29, 0.717) is 62.7 Å². The number of alkyl halides is 1. The fourth-order valence-corrected chi connectivity index (χ4v) is 6.43. The molecule has 0 spiro atoms. The number of nitrogens with one attached hydrogen (secondary N) is 1. The van der Waals surface area contributed by atoms with Crippen molar-refractivity contribution in [1.29, 1.82) is 0 Å². The van der Waals surface area contributed by atoms with Crippen LogP contribution in [0.3, 0.4) is 0 Å². The Bertz CT molecular complexity index is 1480. The maximum atomic E-state index is 13.8. The van der Waals surface area contributed by atoms with E-state index in [0.717, 1.165) is 30.4 Å². The first-order chi connectivity index (χ1) is 24.1. The Morgan fingerprint density at radius 2 is 1.59 bits per heavy atom. The number of carbonyl (C=O) groups is 4. The van der Waals surface area contributed by atoms with E-state index in [4.69, 9.17) is 14.2 Å². The molecular formula is C39H55FN4O7. The molecule has 2 aliphatic rings. The third kappa shape index (κ3) is 12.8. The van der Waals surface area contributed by atoms with Gasteiger partial charge in [-0.3, -0.25) is 19.4 Å². The lowest BCUT2D eigenvalue weighted by molar-refractivity contribution is -0.155. The van der Waals surface area contributed by atoms with E-state index < -0.39 is 35.8 Å². The van der Waals surface area contributed by atoms with Crippen LogP contribution in [0.15, 0.2) is 42.7 Å². The molecule has 2 aliphatic heterocycles. The second-order valence-electron chi connectivity index (χ2n) is 15.5. The first-order valence-electron chi connectivity index (χ1n) is 18.1. The Kier molecular flexibility index (Phi) is 13.8. The third-order valence-corrected chi connectivity index (χ3v) is 8.98. The van der Waals surface area contributed by atoms with Crippen molar-refractivity contribution in [2.45, 2.75) is 104 Å². The minimum atomic E-state index is -0.704.